The first kappa shape index (κ1) is 17.0. The average molecular weight is 366 g/mol. The van der Waals surface area contributed by atoms with Crippen LogP contribution in [0.4, 0.5) is 0 Å². The van der Waals surface area contributed by atoms with Gasteiger partial charge in [0.15, 0.2) is 0 Å². The standard InChI is InChI=1S/C18H18N6O3/c1-10(2)9-24-13-5-4-11(8-12(13)20-16(25)18(24)26)15-21-17(27-22-15)14-6-7-19-23(14)3/h4-8,10H,9H2,1-3H3,(H,20,25). The first-order valence-electron chi connectivity index (χ1n) is 8.53. The Balaban J connectivity index is 1.82. The Labute approximate surface area is 153 Å². The van der Waals surface area contributed by atoms with E-state index >= 15 is 0 Å². The van der Waals surface area contributed by atoms with Crippen LogP contribution in [0.15, 0.2) is 44.6 Å². The zero-order valence-corrected chi connectivity index (χ0v) is 15.1. The van der Waals surface area contributed by atoms with E-state index in [2.05, 4.69) is 20.2 Å². The third-order valence-corrected chi connectivity index (χ3v) is 4.25. The molecule has 0 amide bonds. The zero-order valence-electron chi connectivity index (χ0n) is 15.1. The van der Waals surface area contributed by atoms with Crippen LogP contribution in [0.25, 0.3) is 34.0 Å². The lowest BCUT2D eigenvalue weighted by atomic mass is 10.1. The SMILES string of the molecule is CC(C)Cn1c(=O)c(=O)[nH]c2cc(-c3noc(-c4ccnn4C)n3)ccc21. The minimum atomic E-state index is -0.649. The summed E-state index contributed by atoms with van der Waals surface area (Å²) in [5.74, 6) is 0.963. The van der Waals surface area contributed by atoms with Crippen molar-refractivity contribution in [3.8, 4) is 23.0 Å². The van der Waals surface area contributed by atoms with Crippen LogP contribution in [-0.4, -0.2) is 29.5 Å². The van der Waals surface area contributed by atoms with E-state index in [1.54, 1.807) is 42.2 Å². The van der Waals surface area contributed by atoms with Crippen molar-refractivity contribution >= 4 is 11.0 Å². The molecule has 0 bridgehead atoms. The Kier molecular flexibility index (Phi) is 3.98. The van der Waals surface area contributed by atoms with Crippen molar-refractivity contribution in [2.75, 3.05) is 0 Å². The van der Waals surface area contributed by atoms with Crippen molar-refractivity contribution in [2.45, 2.75) is 20.4 Å². The van der Waals surface area contributed by atoms with E-state index in [1.807, 2.05) is 13.8 Å². The molecular weight excluding hydrogens is 348 g/mol. The molecule has 0 fully saturated rings. The number of aromatic nitrogens is 6. The van der Waals surface area contributed by atoms with E-state index in [-0.39, 0.29) is 5.92 Å². The topological polar surface area (TPSA) is 112 Å². The second-order valence-corrected chi connectivity index (χ2v) is 6.76. The molecule has 0 atom stereocenters. The smallest absolute Gasteiger partial charge is 0.316 e. The normalized spacial score (nSPS) is 11.6. The van der Waals surface area contributed by atoms with Crippen molar-refractivity contribution in [1.29, 1.82) is 0 Å². The Morgan fingerprint density at radius 2 is 2.04 bits per heavy atom. The first-order valence-corrected chi connectivity index (χ1v) is 8.53. The second kappa shape index (κ2) is 6.35. The molecule has 3 aromatic heterocycles. The highest BCUT2D eigenvalue weighted by atomic mass is 16.5. The maximum Gasteiger partial charge on any atom is 0.316 e. The minimum absolute atomic E-state index is 0.228. The van der Waals surface area contributed by atoms with Gasteiger partial charge in [0.05, 0.1) is 11.0 Å². The molecule has 4 aromatic rings. The van der Waals surface area contributed by atoms with E-state index in [0.717, 1.165) is 0 Å². The Hall–Kier alpha value is -3.49. The number of nitrogens with zero attached hydrogens (tertiary/aromatic N) is 5. The fraction of sp³-hybridized carbons (Fsp3) is 0.278. The summed E-state index contributed by atoms with van der Waals surface area (Å²) in [6.45, 7) is 4.45. The van der Waals surface area contributed by atoms with Crippen LogP contribution >= 0.6 is 0 Å². The predicted octanol–water partition coefficient (Wildman–Crippen LogP) is 1.80. The van der Waals surface area contributed by atoms with Crippen LogP contribution in [0, 0.1) is 5.92 Å². The van der Waals surface area contributed by atoms with Gasteiger partial charge in [0, 0.05) is 25.4 Å². The summed E-state index contributed by atoms with van der Waals surface area (Å²) >= 11 is 0. The number of fused-ring (bicyclic) bond motifs is 1. The highest BCUT2D eigenvalue weighted by Gasteiger charge is 2.15. The number of H-pyrrole nitrogens is 1. The van der Waals surface area contributed by atoms with Gasteiger partial charge in [-0.25, -0.2) is 0 Å². The van der Waals surface area contributed by atoms with Crippen molar-refractivity contribution in [3.63, 3.8) is 0 Å². The third kappa shape index (κ3) is 2.97. The third-order valence-electron chi connectivity index (χ3n) is 4.25. The molecule has 0 radical (unpaired) electrons. The van der Waals surface area contributed by atoms with Crippen LogP contribution in [0.3, 0.4) is 0 Å². The van der Waals surface area contributed by atoms with Gasteiger partial charge in [0.2, 0.25) is 5.82 Å². The lowest BCUT2D eigenvalue weighted by molar-refractivity contribution is 0.428. The summed E-state index contributed by atoms with van der Waals surface area (Å²) in [4.78, 5) is 31.3. The Morgan fingerprint density at radius 1 is 1.22 bits per heavy atom. The van der Waals surface area contributed by atoms with Gasteiger partial charge in [0.1, 0.15) is 5.69 Å². The van der Waals surface area contributed by atoms with Crippen molar-refractivity contribution in [3.05, 3.63) is 51.2 Å². The molecule has 0 unspecified atom stereocenters. The van der Waals surface area contributed by atoms with E-state index in [4.69, 9.17) is 4.52 Å². The minimum Gasteiger partial charge on any atom is -0.332 e. The molecule has 9 nitrogen and oxygen atoms in total. The molecule has 1 N–H and O–H groups in total. The van der Waals surface area contributed by atoms with Crippen molar-refractivity contribution in [1.82, 2.24) is 29.5 Å². The maximum atomic E-state index is 12.2. The molecule has 27 heavy (non-hydrogen) atoms. The van der Waals surface area contributed by atoms with Crippen LogP contribution in [0.2, 0.25) is 0 Å². The van der Waals surface area contributed by atoms with Gasteiger partial charge in [-0.1, -0.05) is 19.0 Å². The molecule has 0 aliphatic heterocycles. The number of hydrogen-bond donors (Lipinski definition) is 1. The number of benzene rings is 1. The largest absolute Gasteiger partial charge is 0.332 e. The maximum absolute atomic E-state index is 12.2. The lowest BCUT2D eigenvalue weighted by Crippen LogP contribution is -2.37. The average Bonchev–Trinajstić information content (AvgIpc) is 3.27. The highest BCUT2D eigenvalue weighted by Crippen LogP contribution is 2.24. The van der Waals surface area contributed by atoms with Gasteiger partial charge in [0.25, 0.3) is 5.89 Å². The van der Waals surface area contributed by atoms with E-state index in [9.17, 15) is 9.59 Å². The lowest BCUT2D eigenvalue weighted by Gasteiger charge is -2.12. The quantitative estimate of drug-likeness (QED) is 0.551. The van der Waals surface area contributed by atoms with Crippen molar-refractivity contribution < 1.29 is 4.52 Å². The monoisotopic (exact) mass is 366 g/mol. The molecule has 4 rings (SSSR count). The van der Waals surface area contributed by atoms with E-state index < -0.39 is 11.1 Å². The molecule has 0 saturated carbocycles. The molecule has 9 heteroatoms. The molecule has 0 aliphatic carbocycles. The molecule has 0 aliphatic rings. The second-order valence-electron chi connectivity index (χ2n) is 6.76. The van der Waals surface area contributed by atoms with Crippen LogP contribution in [-0.2, 0) is 13.6 Å². The summed E-state index contributed by atoms with van der Waals surface area (Å²) in [6.07, 6.45) is 1.65. The zero-order chi connectivity index (χ0) is 19.1. The molecule has 138 valence electrons. The number of hydrogen-bond acceptors (Lipinski definition) is 6. The van der Waals surface area contributed by atoms with Gasteiger partial charge in [-0.2, -0.15) is 10.1 Å². The van der Waals surface area contributed by atoms with Crippen LogP contribution < -0.4 is 11.1 Å². The highest BCUT2D eigenvalue weighted by molar-refractivity contribution is 5.80. The van der Waals surface area contributed by atoms with Crippen molar-refractivity contribution in [2.24, 2.45) is 13.0 Å². The fourth-order valence-corrected chi connectivity index (χ4v) is 2.99. The first-order chi connectivity index (χ1) is 12.9. The Bertz CT molecular complexity index is 1240. The van der Waals surface area contributed by atoms with E-state index in [0.29, 0.717) is 40.6 Å². The Morgan fingerprint density at radius 3 is 2.74 bits per heavy atom. The van der Waals surface area contributed by atoms with Gasteiger partial charge >= 0.3 is 11.1 Å². The molecular formula is C18H18N6O3. The van der Waals surface area contributed by atoms with Gasteiger partial charge in [-0.3, -0.25) is 14.3 Å². The van der Waals surface area contributed by atoms with Gasteiger partial charge in [-0.15, -0.1) is 0 Å². The summed E-state index contributed by atoms with van der Waals surface area (Å²) in [5, 5.41) is 8.10. The van der Waals surface area contributed by atoms with Crippen LogP contribution in [0.5, 0.6) is 0 Å². The summed E-state index contributed by atoms with van der Waals surface area (Å²) in [6, 6.07) is 7.10. The number of nitrogens with one attached hydrogen (secondary N) is 1. The molecule has 0 saturated heterocycles. The summed E-state index contributed by atoms with van der Waals surface area (Å²) in [5.41, 5.74) is 1.38. The number of rotatable bonds is 4. The molecule has 3 heterocycles. The molecule has 1 aromatic carbocycles. The number of aryl methyl sites for hydroxylation is 1. The van der Waals surface area contributed by atoms with Gasteiger partial charge < -0.3 is 14.1 Å². The predicted molar refractivity (Wildman–Crippen MR) is 99.2 cm³/mol. The summed E-state index contributed by atoms with van der Waals surface area (Å²) < 4.78 is 8.47. The fourth-order valence-electron chi connectivity index (χ4n) is 2.99. The van der Waals surface area contributed by atoms with E-state index in [1.165, 1.54) is 4.57 Å². The van der Waals surface area contributed by atoms with Crippen LogP contribution in [0.1, 0.15) is 13.8 Å². The van der Waals surface area contributed by atoms with Gasteiger partial charge in [-0.05, 0) is 30.2 Å². The molecule has 0 spiro atoms. The summed E-state index contributed by atoms with van der Waals surface area (Å²) in [7, 11) is 1.79. The number of aromatic amines is 1.